The molecule has 5 nitrogen and oxygen atoms in total. The van der Waals surface area contributed by atoms with Crippen LogP contribution in [0.3, 0.4) is 0 Å². The first-order valence-electron chi connectivity index (χ1n) is 7.04. The summed E-state index contributed by atoms with van der Waals surface area (Å²) in [6.07, 6.45) is 2.83. The van der Waals surface area contributed by atoms with E-state index in [1.165, 1.54) is 0 Å². The maximum absolute atomic E-state index is 11.8. The third-order valence-corrected chi connectivity index (χ3v) is 4.14. The zero-order valence-electron chi connectivity index (χ0n) is 11.6. The molecule has 2 rings (SSSR count). The van der Waals surface area contributed by atoms with Gasteiger partial charge < -0.3 is 16.0 Å². The van der Waals surface area contributed by atoms with Crippen molar-refractivity contribution in [3.05, 3.63) is 0 Å². The van der Waals surface area contributed by atoms with E-state index >= 15 is 0 Å². The van der Waals surface area contributed by atoms with Gasteiger partial charge in [0.05, 0.1) is 0 Å². The number of rotatable bonds is 5. The van der Waals surface area contributed by atoms with Gasteiger partial charge in [0.15, 0.2) is 0 Å². The number of piperazine rings is 1. The van der Waals surface area contributed by atoms with Crippen LogP contribution in [0, 0.1) is 0 Å². The lowest BCUT2D eigenvalue weighted by molar-refractivity contribution is -0.122. The van der Waals surface area contributed by atoms with Crippen LogP contribution in [0.25, 0.3) is 0 Å². The minimum Gasteiger partial charge on any atom is -0.353 e. The van der Waals surface area contributed by atoms with Crippen LogP contribution in [0.1, 0.15) is 26.2 Å². The predicted molar refractivity (Wildman–Crippen MR) is 72.3 cm³/mol. The molecule has 0 aromatic heterocycles. The normalized spacial score (nSPS) is 28.1. The Balaban J connectivity index is 1.81. The van der Waals surface area contributed by atoms with Crippen LogP contribution in [-0.2, 0) is 4.79 Å². The molecular weight excluding hydrogens is 228 g/mol. The number of carbonyl (C=O) groups excluding carboxylic acids is 1. The molecule has 104 valence electrons. The first-order valence-corrected chi connectivity index (χ1v) is 7.04. The minimum atomic E-state index is 0.166. The second kappa shape index (κ2) is 5.99. The number of nitrogens with zero attached hydrogens (tertiary/aromatic N) is 2. The van der Waals surface area contributed by atoms with Crippen LogP contribution in [0.2, 0.25) is 0 Å². The van der Waals surface area contributed by atoms with Crippen molar-refractivity contribution in [3.63, 3.8) is 0 Å². The molecular formula is C13H26N4O. The maximum atomic E-state index is 11.8. The van der Waals surface area contributed by atoms with Gasteiger partial charge in [-0.05, 0) is 26.8 Å². The Bertz CT molecular complexity index is 293. The smallest absolute Gasteiger partial charge is 0.221 e. The summed E-state index contributed by atoms with van der Waals surface area (Å²) >= 11 is 0. The number of hydrogen-bond acceptors (Lipinski definition) is 4. The molecule has 2 aliphatic rings. The highest BCUT2D eigenvalue weighted by atomic mass is 16.1. The Kier molecular flexibility index (Phi) is 4.59. The molecule has 5 heteroatoms. The van der Waals surface area contributed by atoms with Gasteiger partial charge in [-0.3, -0.25) is 9.69 Å². The summed E-state index contributed by atoms with van der Waals surface area (Å²) in [4.78, 5) is 16.6. The highest BCUT2D eigenvalue weighted by Crippen LogP contribution is 2.19. The zero-order chi connectivity index (χ0) is 13.1. The van der Waals surface area contributed by atoms with Gasteiger partial charge in [0.1, 0.15) is 0 Å². The highest BCUT2D eigenvalue weighted by molar-refractivity contribution is 5.77. The molecule has 0 bridgehead atoms. The second-order valence-corrected chi connectivity index (χ2v) is 5.76. The molecule has 1 aliphatic heterocycles. The summed E-state index contributed by atoms with van der Waals surface area (Å²) < 4.78 is 0. The first kappa shape index (κ1) is 13.8. The molecule has 2 fully saturated rings. The van der Waals surface area contributed by atoms with Gasteiger partial charge in [0.2, 0.25) is 5.91 Å². The predicted octanol–water partition coefficient (Wildman–Crippen LogP) is -0.382. The number of likely N-dealkylation sites (N-methyl/N-ethyl adjacent to an activating group) is 1. The van der Waals surface area contributed by atoms with Crippen molar-refractivity contribution in [1.82, 2.24) is 15.1 Å². The monoisotopic (exact) mass is 254 g/mol. The molecule has 1 aliphatic carbocycles. The molecule has 0 spiro atoms. The molecule has 1 saturated carbocycles. The molecule has 1 amide bonds. The zero-order valence-corrected chi connectivity index (χ0v) is 11.6. The molecule has 2 atom stereocenters. The van der Waals surface area contributed by atoms with E-state index in [1.54, 1.807) is 0 Å². The third-order valence-electron chi connectivity index (χ3n) is 4.14. The lowest BCUT2D eigenvalue weighted by Crippen LogP contribution is -2.55. The van der Waals surface area contributed by atoms with Crippen LogP contribution in [0.5, 0.6) is 0 Å². The fourth-order valence-corrected chi connectivity index (χ4v) is 2.50. The summed E-state index contributed by atoms with van der Waals surface area (Å²) in [5.74, 6) is 0.166. The van der Waals surface area contributed by atoms with Gasteiger partial charge in [-0.2, -0.15) is 0 Å². The van der Waals surface area contributed by atoms with E-state index in [-0.39, 0.29) is 11.9 Å². The quantitative estimate of drug-likeness (QED) is 0.702. The van der Waals surface area contributed by atoms with E-state index in [1.807, 2.05) is 0 Å². The lowest BCUT2D eigenvalue weighted by Gasteiger charge is -2.41. The lowest BCUT2D eigenvalue weighted by atomic mass is 10.1. The number of amides is 1. The Morgan fingerprint density at radius 3 is 2.72 bits per heavy atom. The van der Waals surface area contributed by atoms with Crippen LogP contribution >= 0.6 is 0 Å². The summed E-state index contributed by atoms with van der Waals surface area (Å²) in [6.45, 7) is 5.87. The van der Waals surface area contributed by atoms with Gasteiger partial charge in [0.25, 0.3) is 0 Å². The molecule has 0 radical (unpaired) electrons. The van der Waals surface area contributed by atoms with E-state index in [0.717, 1.165) is 32.5 Å². The van der Waals surface area contributed by atoms with Gasteiger partial charge in [-0.15, -0.1) is 0 Å². The summed E-state index contributed by atoms with van der Waals surface area (Å²) in [7, 11) is 2.15. The molecule has 18 heavy (non-hydrogen) atoms. The molecule has 0 aromatic rings. The molecule has 1 saturated heterocycles. The second-order valence-electron chi connectivity index (χ2n) is 5.76. The Morgan fingerprint density at radius 2 is 2.17 bits per heavy atom. The molecule has 0 aromatic carbocycles. The van der Waals surface area contributed by atoms with Crippen LogP contribution in [0.4, 0.5) is 0 Å². The van der Waals surface area contributed by atoms with Crippen LogP contribution < -0.4 is 11.1 Å². The van der Waals surface area contributed by atoms with Crippen molar-refractivity contribution in [2.45, 2.75) is 44.3 Å². The largest absolute Gasteiger partial charge is 0.353 e. The number of nitrogens with two attached hydrogens (primary N) is 1. The fourth-order valence-electron chi connectivity index (χ4n) is 2.50. The van der Waals surface area contributed by atoms with Crippen LogP contribution in [0.15, 0.2) is 0 Å². The van der Waals surface area contributed by atoms with Crippen molar-refractivity contribution in [2.75, 3.05) is 33.2 Å². The van der Waals surface area contributed by atoms with E-state index in [0.29, 0.717) is 25.0 Å². The van der Waals surface area contributed by atoms with E-state index < -0.39 is 0 Å². The molecule has 2 unspecified atom stereocenters. The minimum absolute atomic E-state index is 0.166. The average Bonchev–Trinajstić information content (AvgIpc) is 3.13. The van der Waals surface area contributed by atoms with Gasteiger partial charge in [-0.1, -0.05) is 0 Å². The van der Waals surface area contributed by atoms with Crippen molar-refractivity contribution in [1.29, 1.82) is 0 Å². The van der Waals surface area contributed by atoms with E-state index in [2.05, 4.69) is 29.1 Å². The van der Waals surface area contributed by atoms with E-state index in [9.17, 15) is 4.79 Å². The summed E-state index contributed by atoms with van der Waals surface area (Å²) in [5, 5.41) is 3.05. The van der Waals surface area contributed by atoms with E-state index in [4.69, 9.17) is 5.73 Å². The van der Waals surface area contributed by atoms with Gasteiger partial charge >= 0.3 is 0 Å². The van der Waals surface area contributed by atoms with Crippen LogP contribution in [-0.4, -0.2) is 67.1 Å². The van der Waals surface area contributed by atoms with Crippen molar-refractivity contribution in [3.8, 4) is 0 Å². The Hall–Kier alpha value is -0.650. The first-order chi connectivity index (χ1) is 8.60. The average molecular weight is 254 g/mol. The molecule has 3 N–H and O–H groups in total. The van der Waals surface area contributed by atoms with Crippen molar-refractivity contribution >= 4 is 5.91 Å². The standard InChI is InChI=1S/C13H26N4O/c1-10-9-17(6-5-16(10)2)12(8-14)7-13(18)15-11-3-4-11/h10-12H,3-9,14H2,1-2H3,(H,15,18). The molecule has 1 heterocycles. The van der Waals surface area contributed by atoms with Gasteiger partial charge in [0, 0.05) is 50.7 Å². The number of carbonyl (C=O) groups is 1. The number of nitrogens with one attached hydrogen (secondary N) is 1. The third kappa shape index (κ3) is 3.67. The topological polar surface area (TPSA) is 61.6 Å². The van der Waals surface area contributed by atoms with Crippen molar-refractivity contribution in [2.24, 2.45) is 5.73 Å². The highest BCUT2D eigenvalue weighted by Gasteiger charge is 2.29. The summed E-state index contributed by atoms with van der Waals surface area (Å²) in [5.41, 5.74) is 5.84. The summed E-state index contributed by atoms with van der Waals surface area (Å²) in [6, 6.07) is 1.18. The Morgan fingerprint density at radius 1 is 1.44 bits per heavy atom. The SMILES string of the molecule is CC1CN(C(CN)CC(=O)NC2CC2)CCN1C. The van der Waals surface area contributed by atoms with Crippen molar-refractivity contribution < 1.29 is 4.79 Å². The maximum Gasteiger partial charge on any atom is 0.221 e. The van der Waals surface area contributed by atoms with Gasteiger partial charge in [-0.25, -0.2) is 0 Å². The fraction of sp³-hybridized carbons (Fsp3) is 0.923. The Labute approximate surface area is 110 Å². The number of hydrogen-bond donors (Lipinski definition) is 2.